The minimum Gasteiger partial charge on any atom is -0.291 e. The molecule has 3 nitrogen and oxygen atoms in total. The Hall–Kier alpha value is -1.77. The highest BCUT2D eigenvalue weighted by Crippen LogP contribution is 2.14. The summed E-state index contributed by atoms with van der Waals surface area (Å²) < 4.78 is 1.86. The van der Waals surface area contributed by atoms with Gasteiger partial charge in [-0.25, -0.2) is 0 Å². The van der Waals surface area contributed by atoms with Crippen LogP contribution in [0.15, 0.2) is 41.3 Å². The molecule has 0 aliphatic heterocycles. The number of aromatic amines is 1. The SMILES string of the molecule is CC(C)Cn1cc(-c2ccccc2)c(=O)[nH]1. The van der Waals surface area contributed by atoms with Gasteiger partial charge in [-0.2, -0.15) is 0 Å². The molecular weight excluding hydrogens is 200 g/mol. The van der Waals surface area contributed by atoms with Gasteiger partial charge in [0.2, 0.25) is 0 Å². The van der Waals surface area contributed by atoms with E-state index in [9.17, 15) is 4.79 Å². The highest BCUT2D eigenvalue weighted by molar-refractivity contribution is 5.61. The first-order valence-corrected chi connectivity index (χ1v) is 5.51. The molecule has 0 unspecified atom stereocenters. The monoisotopic (exact) mass is 216 g/mol. The number of nitrogens with zero attached hydrogens (tertiary/aromatic N) is 1. The van der Waals surface area contributed by atoms with E-state index in [0.717, 1.165) is 17.7 Å². The van der Waals surface area contributed by atoms with Gasteiger partial charge in [-0.1, -0.05) is 44.2 Å². The maximum atomic E-state index is 11.7. The summed E-state index contributed by atoms with van der Waals surface area (Å²) in [7, 11) is 0. The van der Waals surface area contributed by atoms with E-state index in [4.69, 9.17) is 0 Å². The molecule has 0 saturated carbocycles. The van der Waals surface area contributed by atoms with Crippen molar-refractivity contribution in [1.82, 2.24) is 9.78 Å². The van der Waals surface area contributed by atoms with E-state index in [1.54, 1.807) is 0 Å². The van der Waals surface area contributed by atoms with Crippen LogP contribution in [0.1, 0.15) is 13.8 Å². The Bertz CT molecular complexity index is 508. The molecule has 0 saturated heterocycles. The molecule has 0 radical (unpaired) electrons. The van der Waals surface area contributed by atoms with Crippen molar-refractivity contribution in [2.24, 2.45) is 5.92 Å². The van der Waals surface area contributed by atoms with Crippen molar-refractivity contribution < 1.29 is 0 Å². The second-order valence-electron chi connectivity index (χ2n) is 4.40. The van der Waals surface area contributed by atoms with Gasteiger partial charge in [-0.05, 0) is 11.5 Å². The Morgan fingerprint density at radius 1 is 1.25 bits per heavy atom. The van der Waals surface area contributed by atoms with E-state index in [1.807, 2.05) is 41.2 Å². The summed E-state index contributed by atoms with van der Waals surface area (Å²) in [4.78, 5) is 11.7. The standard InChI is InChI=1S/C13H16N2O/c1-10(2)8-15-9-12(13(16)14-15)11-6-4-3-5-7-11/h3-7,9-10H,8H2,1-2H3,(H,14,16). The third-order valence-electron chi connectivity index (χ3n) is 2.42. The molecule has 2 rings (SSSR count). The van der Waals surface area contributed by atoms with E-state index >= 15 is 0 Å². The minimum atomic E-state index is -0.0214. The normalized spacial score (nSPS) is 10.9. The summed E-state index contributed by atoms with van der Waals surface area (Å²) >= 11 is 0. The summed E-state index contributed by atoms with van der Waals surface area (Å²) in [6, 6.07) is 9.72. The molecule has 0 spiro atoms. The third-order valence-corrected chi connectivity index (χ3v) is 2.42. The molecule has 0 aliphatic carbocycles. The Labute approximate surface area is 94.7 Å². The molecule has 0 atom stereocenters. The van der Waals surface area contributed by atoms with Crippen LogP contribution in [-0.4, -0.2) is 9.78 Å². The van der Waals surface area contributed by atoms with Gasteiger partial charge in [0.1, 0.15) is 0 Å². The molecule has 0 amide bonds. The molecule has 0 bridgehead atoms. The van der Waals surface area contributed by atoms with Crippen molar-refractivity contribution in [3.63, 3.8) is 0 Å². The van der Waals surface area contributed by atoms with Gasteiger partial charge in [0.15, 0.2) is 0 Å². The van der Waals surface area contributed by atoms with Crippen molar-refractivity contribution in [3.05, 3.63) is 46.9 Å². The maximum absolute atomic E-state index is 11.7. The van der Waals surface area contributed by atoms with E-state index in [2.05, 4.69) is 18.9 Å². The average Bonchev–Trinajstić information content (AvgIpc) is 2.60. The number of hydrogen-bond donors (Lipinski definition) is 1. The molecule has 0 fully saturated rings. The van der Waals surface area contributed by atoms with Crippen LogP contribution in [0.3, 0.4) is 0 Å². The number of hydrogen-bond acceptors (Lipinski definition) is 1. The predicted molar refractivity (Wildman–Crippen MR) is 65.3 cm³/mol. The number of H-pyrrole nitrogens is 1. The lowest BCUT2D eigenvalue weighted by Gasteiger charge is -2.04. The zero-order chi connectivity index (χ0) is 11.5. The van der Waals surface area contributed by atoms with Crippen LogP contribution in [-0.2, 0) is 6.54 Å². The van der Waals surface area contributed by atoms with Crippen molar-refractivity contribution in [2.75, 3.05) is 0 Å². The maximum Gasteiger partial charge on any atom is 0.271 e. The van der Waals surface area contributed by atoms with Crippen LogP contribution in [0.4, 0.5) is 0 Å². The molecular formula is C13H16N2O. The number of nitrogens with one attached hydrogen (secondary N) is 1. The molecule has 1 aromatic heterocycles. The van der Waals surface area contributed by atoms with Gasteiger partial charge < -0.3 is 0 Å². The Balaban J connectivity index is 2.36. The highest BCUT2D eigenvalue weighted by Gasteiger charge is 2.06. The lowest BCUT2D eigenvalue weighted by molar-refractivity contribution is 0.481. The molecule has 3 heteroatoms. The average molecular weight is 216 g/mol. The first-order chi connectivity index (χ1) is 7.66. The van der Waals surface area contributed by atoms with Crippen LogP contribution in [0.25, 0.3) is 11.1 Å². The first kappa shape index (κ1) is 10.7. The van der Waals surface area contributed by atoms with E-state index in [1.165, 1.54) is 0 Å². The van der Waals surface area contributed by atoms with Gasteiger partial charge in [0, 0.05) is 12.7 Å². The minimum absolute atomic E-state index is 0.0214. The van der Waals surface area contributed by atoms with Crippen molar-refractivity contribution in [3.8, 4) is 11.1 Å². The van der Waals surface area contributed by atoms with E-state index in [0.29, 0.717) is 5.92 Å². The van der Waals surface area contributed by atoms with E-state index < -0.39 is 0 Å². The second kappa shape index (κ2) is 4.39. The molecule has 16 heavy (non-hydrogen) atoms. The third kappa shape index (κ3) is 2.24. The van der Waals surface area contributed by atoms with Gasteiger partial charge >= 0.3 is 0 Å². The van der Waals surface area contributed by atoms with Gasteiger partial charge in [-0.15, -0.1) is 0 Å². The zero-order valence-electron chi connectivity index (χ0n) is 9.60. The molecule has 0 aliphatic rings. The first-order valence-electron chi connectivity index (χ1n) is 5.51. The molecule has 1 N–H and O–H groups in total. The highest BCUT2D eigenvalue weighted by atomic mass is 16.1. The summed E-state index contributed by atoms with van der Waals surface area (Å²) in [6.07, 6.45) is 1.89. The van der Waals surface area contributed by atoms with Crippen LogP contribution >= 0.6 is 0 Å². The smallest absolute Gasteiger partial charge is 0.271 e. The molecule has 2 aromatic rings. The number of rotatable bonds is 3. The largest absolute Gasteiger partial charge is 0.291 e. The van der Waals surface area contributed by atoms with Crippen LogP contribution < -0.4 is 5.56 Å². The van der Waals surface area contributed by atoms with Gasteiger partial charge in [0.05, 0.1) is 5.56 Å². The van der Waals surface area contributed by atoms with Crippen LogP contribution in [0, 0.1) is 5.92 Å². The fraction of sp³-hybridized carbons (Fsp3) is 0.308. The quantitative estimate of drug-likeness (QED) is 0.841. The Morgan fingerprint density at radius 2 is 1.94 bits per heavy atom. The van der Waals surface area contributed by atoms with Crippen LogP contribution in [0.2, 0.25) is 0 Å². The van der Waals surface area contributed by atoms with Gasteiger partial charge in [-0.3, -0.25) is 14.6 Å². The lowest BCUT2D eigenvalue weighted by Crippen LogP contribution is -2.09. The number of aromatic nitrogens is 2. The lowest BCUT2D eigenvalue weighted by atomic mass is 10.1. The topological polar surface area (TPSA) is 37.8 Å². The summed E-state index contributed by atoms with van der Waals surface area (Å²) in [6.45, 7) is 5.09. The summed E-state index contributed by atoms with van der Waals surface area (Å²) in [5, 5.41) is 2.84. The fourth-order valence-corrected chi connectivity index (χ4v) is 1.75. The summed E-state index contributed by atoms with van der Waals surface area (Å²) in [5.74, 6) is 0.520. The van der Waals surface area contributed by atoms with Crippen molar-refractivity contribution >= 4 is 0 Å². The van der Waals surface area contributed by atoms with E-state index in [-0.39, 0.29) is 5.56 Å². The molecule has 1 heterocycles. The number of benzene rings is 1. The molecule has 84 valence electrons. The van der Waals surface area contributed by atoms with Crippen LogP contribution in [0.5, 0.6) is 0 Å². The van der Waals surface area contributed by atoms with Gasteiger partial charge in [0.25, 0.3) is 5.56 Å². The van der Waals surface area contributed by atoms with Crippen molar-refractivity contribution in [2.45, 2.75) is 20.4 Å². The predicted octanol–water partition coefficient (Wildman–Crippen LogP) is 2.50. The second-order valence-corrected chi connectivity index (χ2v) is 4.40. The molecule has 1 aromatic carbocycles. The summed E-state index contributed by atoms with van der Waals surface area (Å²) in [5.41, 5.74) is 1.68. The Kier molecular flexibility index (Phi) is 2.95. The fourth-order valence-electron chi connectivity index (χ4n) is 1.75. The van der Waals surface area contributed by atoms with Crippen molar-refractivity contribution in [1.29, 1.82) is 0 Å². The Morgan fingerprint density at radius 3 is 2.56 bits per heavy atom. The zero-order valence-corrected chi connectivity index (χ0v) is 9.60.